The van der Waals surface area contributed by atoms with Crippen LogP contribution in [0.4, 0.5) is 11.5 Å². The van der Waals surface area contributed by atoms with Gasteiger partial charge >= 0.3 is 0 Å². The monoisotopic (exact) mass is 350 g/mol. The van der Waals surface area contributed by atoms with E-state index in [4.69, 9.17) is 18.9 Å². The van der Waals surface area contributed by atoms with E-state index in [1.54, 1.807) is 20.4 Å². The normalized spacial score (nSPS) is 11.9. The third-order valence-electron chi connectivity index (χ3n) is 4.11. The van der Waals surface area contributed by atoms with Crippen LogP contribution in [0.15, 0.2) is 54.7 Å². The lowest BCUT2D eigenvalue weighted by Crippen LogP contribution is -1.94. The number of hydrogen-bond acceptors (Lipinski definition) is 6. The molecule has 0 aliphatic carbocycles. The smallest absolute Gasteiger partial charge is 0.231 e. The van der Waals surface area contributed by atoms with Crippen molar-refractivity contribution in [1.29, 1.82) is 0 Å². The number of pyridine rings is 1. The fourth-order valence-corrected chi connectivity index (χ4v) is 2.80. The highest BCUT2D eigenvalue weighted by Gasteiger charge is 2.20. The lowest BCUT2D eigenvalue weighted by atomic mass is 10.1. The quantitative estimate of drug-likeness (QED) is 0.743. The summed E-state index contributed by atoms with van der Waals surface area (Å²) in [5.74, 6) is 3.52. The predicted molar refractivity (Wildman–Crippen MR) is 98.6 cm³/mol. The maximum absolute atomic E-state index is 5.51. The summed E-state index contributed by atoms with van der Waals surface area (Å²) in [6.45, 7) is 0.204. The van der Waals surface area contributed by atoms with Gasteiger partial charge in [-0.1, -0.05) is 0 Å². The molecule has 26 heavy (non-hydrogen) atoms. The van der Waals surface area contributed by atoms with E-state index in [2.05, 4.69) is 10.3 Å². The van der Waals surface area contributed by atoms with Crippen LogP contribution in [0.1, 0.15) is 0 Å². The first-order valence-corrected chi connectivity index (χ1v) is 8.12. The van der Waals surface area contributed by atoms with Gasteiger partial charge in [-0.15, -0.1) is 0 Å². The highest BCUT2D eigenvalue weighted by atomic mass is 16.7. The molecular weight excluding hydrogens is 332 g/mol. The average molecular weight is 350 g/mol. The Labute approximate surface area is 151 Å². The molecule has 0 saturated carbocycles. The molecule has 0 spiro atoms. The Kier molecular flexibility index (Phi) is 4.23. The molecule has 0 amide bonds. The average Bonchev–Trinajstić information content (AvgIpc) is 3.17. The van der Waals surface area contributed by atoms with Gasteiger partial charge in [0.15, 0.2) is 11.5 Å². The van der Waals surface area contributed by atoms with Gasteiger partial charge in [0.25, 0.3) is 0 Å². The van der Waals surface area contributed by atoms with E-state index in [0.29, 0.717) is 17.2 Å². The van der Waals surface area contributed by atoms with Crippen molar-refractivity contribution in [2.24, 2.45) is 0 Å². The molecule has 6 nitrogen and oxygen atoms in total. The number of nitrogens with one attached hydrogen (secondary N) is 1. The van der Waals surface area contributed by atoms with Crippen LogP contribution in [0.3, 0.4) is 0 Å². The molecule has 3 aromatic rings. The van der Waals surface area contributed by atoms with Gasteiger partial charge in [-0.05, 0) is 59.7 Å². The first-order valence-electron chi connectivity index (χ1n) is 8.12. The summed E-state index contributed by atoms with van der Waals surface area (Å²) in [6, 6.07) is 15.5. The van der Waals surface area contributed by atoms with Crippen molar-refractivity contribution in [3.8, 4) is 34.1 Å². The van der Waals surface area contributed by atoms with Crippen molar-refractivity contribution in [2.75, 3.05) is 26.3 Å². The summed E-state index contributed by atoms with van der Waals surface area (Å²) in [5, 5.41) is 3.29. The fourth-order valence-electron chi connectivity index (χ4n) is 2.80. The molecule has 0 radical (unpaired) electrons. The highest BCUT2D eigenvalue weighted by molar-refractivity contribution is 5.74. The van der Waals surface area contributed by atoms with Crippen LogP contribution < -0.4 is 24.3 Å². The maximum atomic E-state index is 5.51. The third-order valence-corrected chi connectivity index (χ3v) is 4.11. The molecule has 6 heteroatoms. The minimum atomic E-state index is 0.204. The van der Waals surface area contributed by atoms with Crippen LogP contribution in [0.25, 0.3) is 11.1 Å². The van der Waals surface area contributed by atoms with E-state index in [1.165, 1.54) is 0 Å². The van der Waals surface area contributed by atoms with Gasteiger partial charge in [0, 0.05) is 11.9 Å². The van der Waals surface area contributed by atoms with Crippen LogP contribution in [-0.4, -0.2) is 26.0 Å². The molecule has 4 rings (SSSR count). The van der Waals surface area contributed by atoms with Crippen LogP contribution in [0.2, 0.25) is 0 Å². The largest absolute Gasteiger partial charge is 0.497 e. The number of nitrogens with zero attached hydrogens (tertiary/aromatic N) is 1. The lowest BCUT2D eigenvalue weighted by Gasteiger charge is -2.10. The van der Waals surface area contributed by atoms with Gasteiger partial charge in [0.2, 0.25) is 12.5 Å². The van der Waals surface area contributed by atoms with E-state index in [9.17, 15) is 0 Å². The number of benzene rings is 2. The molecule has 1 aliphatic heterocycles. The molecule has 0 atom stereocenters. The SMILES string of the molecule is COc1ccc(Nc2cc(-c3cc(OC)c4c(c3)OCO4)ccn2)cc1. The number of aromatic nitrogens is 1. The van der Waals surface area contributed by atoms with Crippen molar-refractivity contribution < 1.29 is 18.9 Å². The van der Waals surface area contributed by atoms with Gasteiger partial charge in [-0.2, -0.15) is 0 Å². The highest BCUT2D eigenvalue weighted by Crippen LogP contribution is 2.44. The summed E-state index contributed by atoms with van der Waals surface area (Å²) in [5.41, 5.74) is 2.89. The molecule has 132 valence electrons. The number of methoxy groups -OCH3 is 2. The summed E-state index contributed by atoms with van der Waals surface area (Å²) >= 11 is 0. The lowest BCUT2D eigenvalue weighted by molar-refractivity contribution is 0.171. The molecular formula is C20H18N2O4. The van der Waals surface area contributed by atoms with Crippen LogP contribution >= 0.6 is 0 Å². The summed E-state index contributed by atoms with van der Waals surface area (Å²) < 4.78 is 21.6. The molecule has 0 fully saturated rings. The summed E-state index contributed by atoms with van der Waals surface area (Å²) in [4.78, 5) is 4.39. The van der Waals surface area contributed by atoms with E-state index in [1.807, 2.05) is 48.5 Å². The minimum Gasteiger partial charge on any atom is -0.497 e. The number of rotatable bonds is 5. The number of ether oxygens (including phenoxy) is 4. The molecule has 1 aliphatic rings. The van der Waals surface area contributed by atoms with Crippen molar-refractivity contribution >= 4 is 11.5 Å². The Hall–Kier alpha value is -3.41. The van der Waals surface area contributed by atoms with E-state index >= 15 is 0 Å². The Morgan fingerprint density at radius 1 is 0.923 bits per heavy atom. The second-order valence-electron chi connectivity index (χ2n) is 5.70. The Morgan fingerprint density at radius 3 is 2.54 bits per heavy atom. The number of hydrogen-bond donors (Lipinski definition) is 1. The summed E-state index contributed by atoms with van der Waals surface area (Å²) in [6.07, 6.45) is 1.76. The van der Waals surface area contributed by atoms with Crippen molar-refractivity contribution in [3.63, 3.8) is 0 Å². The zero-order chi connectivity index (χ0) is 17.9. The Bertz CT molecular complexity index is 926. The minimum absolute atomic E-state index is 0.204. The first-order chi connectivity index (χ1) is 12.8. The second-order valence-corrected chi connectivity index (χ2v) is 5.70. The Morgan fingerprint density at radius 2 is 1.77 bits per heavy atom. The van der Waals surface area contributed by atoms with Gasteiger partial charge in [-0.3, -0.25) is 0 Å². The molecule has 1 N–H and O–H groups in total. The standard InChI is InChI=1S/C20H18N2O4/c1-23-16-5-3-15(4-6-16)22-19-11-13(7-8-21-19)14-9-17(24-2)20-18(10-14)25-12-26-20/h3-11H,12H2,1-2H3,(H,21,22). The molecule has 1 aromatic heterocycles. The molecule has 0 bridgehead atoms. The second kappa shape index (κ2) is 6.84. The van der Waals surface area contributed by atoms with Crippen LogP contribution in [0.5, 0.6) is 23.0 Å². The zero-order valence-electron chi connectivity index (χ0n) is 14.5. The van der Waals surface area contributed by atoms with E-state index in [-0.39, 0.29) is 6.79 Å². The van der Waals surface area contributed by atoms with Crippen LogP contribution in [-0.2, 0) is 0 Å². The van der Waals surface area contributed by atoms with E-state index < -0.39 is 0 Å². The number of fused-ring (bicyclic) bond motifs is 1. The maximum Gasteiger partial charge on any atom is 0.231 e. The first kappa shape index (κ1) is 16.1. The third kappa shape index (κ3) is 3.09. The predicted octanol–water partition coefficient (Wildman–Crippen LogP) is 4.24. The van der Waals surface area contributed by atoms with Gasteiger partial charge in [0.1, 0.15) is 11.6 Å². The van der Waals surface area contributed by atoms with Crippen molar-refractivity contribution in [3.05, 3.63) is 54.7 Å². The van der Waals surface area contributed by atoms with Gasteiger partial charge in [-0.25, -0.2) is 4.98 Å². The van der Waals surface area contributed by atoms with Gasteiger partial charge in [0.05, 0.1) is 14.2 Å². The summed E-state index contributed by atoms with van der Waals surface area (Å²) in [7, 11) is 3.26. The topological polar surface area (TPSA) is 61.8 Å². The molecule has 2 aromatic carbocycles. The number of anilines is 2. The van der Waals surface area contributed by atoms with E-state index in [0.717, 1.165) is 28.4 Å². The van der Waals surface area contributed by atoms with Gasteiger partial charge < -0.3 is 24.3 Å². The Balaban J connectivity index is 1.63. The molecule has 2 heterocycles. The molecule has 0 saturated heterocycles. The molecule has 0 unspecified atom stereocenters. The zero-order valence-corrected chi connectivity index (χ0v) is 14.5. The van der Waals surface area contributed by atoms with Crippen molar-refractivity contribution in [1.82, 2.24) is 4.98 Å². The fraction of sp³-hybridized carbons (Fsp3) is 0.150. The van der Waals surface area contributed by atoms with Crippen LogP contribution in [0, 0.1) is 0 Å². The van der Waals surface area contributed by atoms with Crippen molar-refractivity contribution in [2.45, 2.75) is 0 Å².